The van der Waals surface area contributed by atoms with Gasteiger partial charge in [-0.25, -0.2) is 0 Å². The van der Waals surface area contributed by atoms with Crippen LogP contribution in [0.4, 0.5) is 34.1 Å². The maximum Gasteiger partial charge on any atom is 0.0503 e. The molecule has 0 saturated heterocycles. The van der Waals surface area contributed by atoms with Crippen LogP contribution in [0.25, 0.3) is 0 Å². The Morgan fingerprint density at radius 2 is 0.673 bits per heavy atom. The van der Waals surface area contributed by atoms with E-state index in [0.717, 1.165) is 28.4 Å². The van der Waals surface area contributed by atoms with E-state index in [4.69, 9.17) is 0 Å². The Morgan fingerprint density at radius 1 is 0.327 bits per heavy atom. The van der Waals surface area contributed by atoms with E-state index in [0.29, 0.717) is 17.8 Å². The second kappa shape index (κ2) is 10.8. The molecule has 0 saturated carbocycles. The van der Waals surface area contributed by atoms with Crippen molar-refractivity contribution in [2.75, 3.05) is 9.80 Å². The van der Waals surface area contributed by atoms with Crippen molar-refractivity contribution in [2.45, 2.75) is 24.7 Å². The van der Waals surface area contributed by atoms with Gasteiger partial charge in [-0.1, -0.05) is 122 Å². The van der Waals surface area contributed by atoms with Crippen molar-refractivity contribution in [2.24, 2.45) is 5.41 Å². The molecule has 0 aliphatic heterocycles. The lowest BCUT2D eigenvalue weighted by Crippen LogP contribution is -2.24. The van der Waals surface area contributed by atoms with Crippen LogP contribution in [0.2, 0.25) is 0 Å². The summed E-state index contributed by atoms with van der Waals surface area (Å²) in [6, 6.07) is 66.8. The van der Waals surface area contributed by atoms with E-state index in [-0.39, 0.29) is 5.41 Å². The molecule has 0 fully saturated rings. The molecule has 7 aromatic carbocycles. The number of para-hydroxylation sites is 3. The van der Waals surface area contributed by atoms with E-state index >= 15 is 0 Å². The van der Waals surface area contributed by atoms with Gasteiger partial charge in [0.25, 0.3) is 0 Å². The quantitative estimate of drug-likeness (QED) is 0.181. The van der Waals surface area contributed by atoms with Crippen LogP contribution in [0.5, 0.6) is 0 Å². The first-order valence-electron chi connectivity index (χ1n) is 17.4. The molecular formula is C47H36N2. The Balaban J connectivity index is 1.16. The van der Waals surface area contributed by atoms with Crippen LogP contribution in [0.15, 0.2) is 182 Å². The number of rotatable bonds is 6. The molecule has 3 aliphatic carbocycles. The maximum absolute atomic E-state index is 2.57. The fourth-order valence-corrected chi connectivity index (χ4v) is 9.74. The molecule has 0 radical (unpaired) electrons. The Kier molecular flexibility index (Phi) is 6.23. The van der Waals surface area contributed by atoms with E-state index < -0.39 is 0 Å². The number of benzene rings is 7. The van der Waals surface area contributed by atoms with Crippen LogP contribution in [-0.4, -0.2) is 0 Å². The molecule has 4 atom stereocenters. The van der Waals surface area contributed by atoms with Crippen LogP contribution in [0, 0.1) is 5.41 Å². The molecule has 2 heteroatoms. The topological polar surface area (TPSA) is 6.48 Å². The first-order valence-corrected chi connectivity index (χ1v) is 17.4. The van der Waals surface area contributed by atoms with Crippen LogP contribution in [-0.2, 0) is 0 Å². The highest BCUT2D eigenvalue weighted by Crippen LogP contribution is 2.76. The summed E-state index contributed by atoms with van der Waals surface area (Å²) in [5.74, 6) is 1.04. The largest absolute Gasteiger partial charge is 0.311 e. The van der Waals surface area contributed by atoms with Gasteiger partial charge in [0.05, 0.1) is 5.69 Å². The lowest BCUT2D eigenvalue weighted by Gasteiger charge is -2.33. The molecule has 234 valence electrons. The van der Waals surface area contributed by atoms with E-state index in [1.165, 1.54) is 39.1 Å². The SMILES string of the molecule is CC12C3c4ccccc4C1c1cccc(N(c4ccccc4)c4ccc(N(c5ccccc5)c5ccccc5)cc4)c1C2c1ccccc13. The molecule has 10 rings (SSSR count). The van der Waals surface area contributed by atoms with E-state index in [1.54, 1.807) is 0 Å². The first kappa shape index (κ1) is 28.2. The average Bonchev–Trinajstić information content (AvgIpc) is 3.70. The molecule has 2 nitrogen and oxygen atoms in total. The number of anilines is 6. The van der Waals surface area contributed by atoms with Gasteiger partial charge in [-0.3, -0.25) is 0 Å². The van der Waals surface area contributed by atoms with Gasteiger partial charge >= 0.3 is 0 Å². The summed E-state index contributed by atoms with van der Waals surface area (Å²) >= 11 is 0. The molecule has 0 spiro atoms. The Bertz CT molecular complexity index is 2270. The summed E-state index contributed by atoms with van der Waals surface area (Å²) in [5, 5.41) is 0. The smallest absolute Gasteiger partial charge is 0.0503 e. The summed E-state index contributed by atoms with van der Waals surface area (Å²) < 4.78 is 0. The zero-order valence-corrected chi connectivity index (χ0v) is 27.4. The van der Waals surface area contributed by atoms with Gasteiger partial charge < -0.3 is 9.80 Å². The zero-order valence-electron chi connectivity index (χ0n) is 27.4. The van der Waals surface area contributed by atoms with Gasteiger partial charge in [0.2, 0.25) is 0 Å². The lowest BCUT2D eigenvalue weighted by atomic mass is 9.70. The Morgan fingerprint density at radius 3 is 1.16 bits per heavy atom. The number of hydrogen-bond donors (Lipinski definition) is 0. The van der Waals surface area contributed by atoms with Gasteiger partial charge in [-0.2, -0.15) is 0 Å². The second-order valence-electron chi connectivity index (χ2n) is 13.9. The third-order valence-corrected chi connectivity index (χ3v) is 11.5. The lowest BCUT2D eigenvalue weighted by molar-refractivity contribution is 0.288. The van der Waals surface area contributed by atoms with Crippen molar-refractivity contribution in [3.63, 3.8) is 0 Å². The van der Waals surface area contributed by atoms with E-state index in [2.05, 4.69) is 199 Å². The van der Waals surface area contributed by atoms with E-state index in [9.17, 15) is 0 Å². The van der Waals surface area contributed by atoms with Crippen LogP contribution >= 0.6 is 0 Å². The highest BCUT2D eigenvalue weighted by Gasteiger charge is 2.65. The van der Waals surface area contributed by atoms with E-state index in [1.807, 2.05) is 0 Å². The molecule has 7 aromatic rings. The highest BCUT2D eigenvalue weighted by molar-refractivity contribution is 5.85. The molecular weight excluding hydrogens is 593 g/mol. The summed E-state index contributed by atoms with van der Waals surface area (Å²) in [6.07, 6.45) is 0. The van der Waals surface area contributed by atoms with Gasteiger partial charge in [0, 0.05) is 51.6 Å². The minimum atomic E-state index is 0.0455. The fraction of sp³-hybridized carbons (Fsp3) is 0.106. The maximum atomic E-state index is 2.57. The predicted molar refractivity (Wildman–Crippen MR) is 202 cm³/mol. The summed E-state index contributed by atoms with van der Waals surface area (Å²) in [6.45, 7) is 2.57. The number of hydrogen-bond acceptors (Lipinski definition) is 2. The minimum Gasteiger partial charge on any atom is -0.311 e. The van der Waals surface area contributed by atoms with Crippen molar-refractivity contribution >= 4 is 34.1 Å². The average molecular weight is 629 g/mol. The van der Waals surface area contributed by atoms with Crippen molar-refractivity contribution in [3.05, 3.63) is 215 Å². The number of nitrogens with zero attached hydrogens (tertiary/aromatic N) is 2. The Hall–Kier alpha value is -5.86. The van der Waals surface area contributed by atoms with Gasteiger partial charge in [-0.15, -0.1) is 0 Å². The second-order valence-corrected chi connectivity index (χ2v) is 13.9. The Labute approximate surface area is 288 Å². The van der Waals surface area contributed by atoms with Crippen LogP contribution in [0.3, 0.4) is 0 Å². The third-order valence-electron chi connectivity index (χ3n) is 11.5. The van der Waals surface area contributed by atoms with Crippen molar-refractivity contribution < 1.29 is 0 Å². The first-order chi connectivity index (χ1) is 24.2. The highest BCUT2D eigenvalue weighted by atomic mass is 15.2. The molecule has 0 N–H and O–H groups in total. The molecule has 3 aliphatic rings. The third kappa shape index (κ3) is 4.01. The van der Waals surface area contributed by atoms with Crippen LogP contribution in [0.1, 0.15) is 58.1 Å². The predicted octanol–water partition coefficient (Wildman–Crippen LogP) is 12.4. The van der Waals surface area contributed by atoms with Gasteiger partial charge in [0.1, 0.15) is 0 Å². The van der Waals surface area contributed by atoms with Crippen LogP contribution < -0.4 is 9.80 Å². The summed E-state index contributed by atoms with van der Waals surface area (Å²) in [5.41, 5.74) is 16.0. The molecule has 0 aromatic heterocycles. The molecule has 0 bridgehead atoms. The van der Waals surface area contributed by atoms with Crippen molar-refractivity contribution in [1.29, 1.82) is 0 Å². The summed E-state index contributed by atoms with van der Waals surface area (Å²) in [7, 11) is 0. The molecule has 0 heterocycles. The monoisotopic (exact) mass is 628 g/mol. The standard InChI is InChI=1S/C47H36N2/c1-47-44-37-22-11-12-23-38(37)45(47)41-26-15-27-42(43(41)46(47)40-25-14-13-24-39(40)44)49(34-20-9-4-10-21-34)36-30-28-35(29-31-36)48(32-16-5-2-6-17-32)33-18-7-3-8-19-33/h2-31,44-46H,1H3. The molecule has 49 heavy (non-hydrogen) atoms. The summed E-state index contributed by atoms with van der Waals surface area (Å²) in [4.78, 5) is 4.82. The van der Waals surface area contributed by atoms with Crippen molar-refractivity contribution in [1.82, 2.24) is 0 Å². The minimum absolute atomic E-state index is 0.0455. The normalized spacial score (nSPS) is 20.6. The van der Waals surface area contributed by atoms with Gasteiger partial charge in [0.15, 0.2) is 0 Å². The zero-order chi connectivity index (χ0) is 32.5. The van der Waals surface area contributed by atoms with Gasteiger partial charge in [-0.05, 0) is 100 Å². The fourth-order valence-electron chi connectivity index (χ4n) is 9.74. The van der Waals surface area contributed by atoms with Crippen molar-refractivity contribution in [3.8, 4) is 0 Å². The molecule has 4 unspecified atom stereocenters. The molecule has 0 amide bonds. The number of fused-ring (bicyclic) bond motifs is 9.